The van der Waals surface area contributed by atoms with Gasteiger partial charge in [0.25, 0.3) is 0 Å². The molecule has 12 nitrogen and oxygen atoms in total. The monoisotopic (exact) mass is 740 g/mol. The Morgan fingerprint density at radius 1 is 0.531 bits per heavy atom. The van der Waals surface area contributed by atoms with Crippen LogP contribution in [0.3, 0.4) is 0 Å². The minimum atomic E-state index is -4.15. The van der Waals surface area contributed by atoms with E-state index in [9.17, 15) is 26.4 Å². The Kier molecular flexibility index (Phi) is 10.6. The number of amides is 4. The second kappa shape index (κ2) is 14.9. The van der Waals surface area contributed by atoms with Crippen molar-refractivity contribution in [2.45, 2.75) is 16.7 Å². The highest BCUT2D eigenvalue weighted by atomic mass is 35.5. The smallest absolute Gasteiger partial charge is 0.339 e. The van der Waals surface area contributed by atoms with Gasteiger partial charge in [-0.2, -0.15) is 16.8 Å². The van der Waals surface area contributed by atoms with Crippen LogP contribution in [0.5, 0.6) is 11.5 Å². The summed E-state index contributed by atoms with van der Waals surface area (Å²) in [7, 11) is -8.29. The van der Waals surface area contributed by atoms with Crippen molar-refractivity contribution in [1.29, 1.82) is 0 Å². The normalized spacial score (nSPS) is 11.2. The number of benzene rings is 5. The summed E-state index contributed by atoms with van der Waals surface area (Å²) < 4.78 is 60.9. The first-order valence-corrected chi connectivity index (χ1v) is 17.7. The van der Waals surface area contributed by atoms with E-state index in [1.54, 1.807) is 31.2 Å². The first-order chi connectivity index (χ1) is 23.3. The van der Waals surface area contributed by atoms with Crippen molar-refractivity contribution in [1.82, 2.24) is 0 Å². The molecule has 16 heteroatoms. The molecule has 5 aromatic carbocycles. The van der Waals surface area contributed by atoms with Crippen molar-refractivity contribution in [3.05, 3.63) is 131 Å². The van der Waals surface area contributed by atoms with Crippen LogP contribution in [0.25, 0.3) is 0 Å². The van der Waals surface area contributed by atoms with E-state index in [1.165, 1.54) is 91.0 Å². The van der Waals surface area contributed by atoms with E-state index in [0.29, 0.717) is 27.0 Å². The van der Waals surface area contributed by atoms with Gasteiger partial charge in [0.05, 0.1) is 0 Å². The quantitative estimate of drug-likeness (QED) is 0.104. The van der Waals surface area contributed by atoms with Gasteiger partial charge in [0.1, 0.15) is 21.3 Å². The van der Waals surface area contributed by atoms with Crippen molar-refractivity contribution in [3.8, 4) is 11.5 Å². The number of aryl methyl sites for hydroxylation is 1. The fourth-order valence-electron chi connectivity index (χ4n) is 4.22. The van der Waals surface area contributed by atoms with Crippen LogP contribution >= 0.6 is 23.2 Å². The standard InChI is InChI=1S/C33H26Cl2N4O8S2/c1-21-8-13-26(38-32(40)36-24-4-2-6-27(18-24)46-48(42,43)29-14-9-22(34)10-15-29)20-31(21)39-33(41)37-25-5-3-7-28(19-25)47-49(44,45)30-16-11-23(35)12-17-30/h2-20H,1H3,(H2,36,38,40)(H2,37,39,41). The molecule has 0 saturated heterocycles. The van der Waals surface area contributed by atoms with E-state index in [2.05, 4.69) is 21.3 Å². The summed E-state index contributed by atoms with van der Waals surface area (Å²) in [6.45, 7) is 1.75. The van der Waals surface area contributed by atoms with Gasteiger partial charge in [0.2, 0.25) is 0 Å². The summed E-state index contributed by atoms with van der Waals surface area (Å²) in [5.74, 6) is -0.0534. The lowest BCUT2D eigenvalue weighted by Crippen LogP contribution is -2.21. The van der Waals surface area contributed by atoms with Gasteiger partial charge in [-0.05, 0) is 97.4 Å². The van der Waals surface area contributed by atoms with Crippen molar-refractivity contribution in [2.75, 3.05) is 21.3 Å². The molecule has 4 amide bonds. The average Bonchev–Trinajstić information content (AvgIpc) is 3.03. The zero-order chi connectivity index (χ0) is 35.2. The molecule has 0 aliphatic heterocycles. The fraction of sp³-hybridized carbons (Fsp3) is 0.0303. The molecule has 0 spiro atoms. The van der Waals surface area contributed by atoms with Gasteiger partial charge in [-0.25, -0.2) is 9.59 Å². The van der Waals surface area contributed by atoms with Gasteiger partial charge in [-0.1, -0.05) is 41.4 Å². The molecule has 49 heavy (non-hydrogen) atoms. The van der Waals surface area contributed by atoms with Crippen LogP contribution in [0.2, 0.25) is 10.0 Å². The number of urea groups is 2. The molecule has 0 unspecified atom stereocenters. The third kappa shape index (κ3) is 9.64. The molecular formula is C33H26Cl2N4O8S2. The predicted octanol–water partition coefficient (Wildman–Crippen LogP) is 8.13. The summed E-state index contributed by atoms with van der Waals surface area (Å²) in [6.07, 6.45) is 0. The first kappa shape index (κ1) is 35.0. The molecule has 0 heterocycles. The highest BCUT2D eigenvalue weighted by Crippen LogP contribution is 2.26. The van der Waals surface area contributed by atoms with Crippen molar-refractivity contribution in [3.63, 3.8) is 0 Å². The molecule has 0 bridgehead atoms. The number of rotatable bonds is 10. The van der Waals surface area contributed by atoms with Gasteiger partial charge in [-0.15, -0.1) is 0 Å². The molecule has 0 aliphatic rings. The Morgan fingerprint density at radius 2 is 0.939 bits per heavy atom. The van der Waals surface area contributed by atoms with Crippen LogP contribution in [0.4, 0.5) is 32.3 Å². The van der Waals surface area contributed by atoms with Gasteiger partial charge >= 0.3 is 32.3 Å². The summed E-state index contributed by atoms with van der Waals surface area (Å²) in [6, 6.07) is 26.1. The lowest BCUT2D eigenvalue weighted by molar-refractivity contribution is 0.261. The van der Waals surface area contributed by atoms with E-state index >= 15 is 0 Å². The fourth-order valence-corrected chi connectivity index (χ4v) is 6.31. The molecule has 0 aliphatic carbocycles. The third-order valence-electron chi connectivity index (χ3n) is 6.54. The van der Waals surface area contributed by atoms with Gasteiger partial charge < -0.3 is 29.6 Å². The van der Waals surface area contributed by atoms with Gasteiger partial charge in [-0.3, -0.25) is 0 Å². The summed E-state index contributed by atoms with van der Waals surface area (Å²) in [4.78, 5) is 25.4. The Balaban J connectivity index is 1.19. The summed E-state index contributed by atoms with van der Waals surface area (Å²) in [5, 5.41) is 11.3. The zero-order valence-electron chi connectivity index (χ0n) is 25.3. The highest BCUT2D eigenvalue weighted by Gasteiger charge is 2.18. The second-order valence-corrected chi connectivity index (χ2v) is 14.2. The summed E-state index contributed by atoms with van der Waals surface area (Å²) in [5.41, 5.74) is 1.88. The molecule has 0 fully saturated rings. The maximum Gasteiger partial charge on any atom is 0.339 e. The summed E-state index contributed by atoms with van der Waals surface area (Å²) >= 11 is 11.7. The predicted molar refractivity (Wildman–Crippen MR) is 188 cm³/mol. The van der Waals surface area contributed by atoms with Gasteiger partial charge in [0.15, 0.2) is 0 Å². The average molecular weight is 742 g/mol. The van der Waals surface area contributed by atoms with Crippen LogP contribution in [0.15, 0.2) is 125 Å². The Morgan fingerprint density at radius 3 is 1.39 bits per heavy atom. The Labute approximate surface area is 292 Å². The van der Waals surface area contributed by atoms with Crippen molar-refractivity contribution >= 4 is 78.2 Å². The number of carbonyl (C=O) groups excluding carboxylic acids is 2. The molecule has 5 rings (SSSR count). The molecule has 4 N–H and O–H groups in total. The molecular weight excluding hydrogens is 715 g/mol. The van der Waals surface area contributed by atoms with E-state index in [1.807, 2.05) is 0 Å². The first-order valence-electron chi connectivity index (χ1n) is 14.1. The SMILES string of the molecule is Cc1ccc(NC(=O)Nc2cccc(OS(=O)(=O)c3ccc(Cl)cc3)c2)cc1NC(=O)Nc1cccc(OS(=O)(=O)c2ccc(Cl)cc2)c1. The maximum atomic E-state index is 12.8. The largest absolute Gasteiger partial charge is 0.379 e. The number of anilines is 4. The van der Waals surface area contributed by atoms with Crippen molar-refractivity contribution in [2.24, 2.45) is 0 Å². The van der Waals surface area contributed by atoms with Crippen LogP contribution in [0, 0.1) is 6.92 Å². The number of hydrogen-bond donors (Lipinski definition) is 4. The van der Waals surface area contributed by atoms with Gasteiger partial charge in [0, 0.05) is 44.9 Å². The Bertz CT molecular complexity index is 2230. The number of hydrogen-bond acceptors (Lipinski definition) is 8. The second-order valence-electron chi connectivity index (χ2n) is 10.2. The lowest BCUT2D eigenvalue weighted by Gasteiger charge is -2.14. The number of halogens is 2. The molecule has 5 aromatic rings. The zero-order valence-corrected chi connectivity index (χ0v) is 28.5. The van der Waals surface area contributed by atoms with E-state index in [0.717, 1.165) is 0 Å². The number of carbonyl (C=O) groups is 2. The molecule has 0 radical (unpaired) electrons. The topological polar surface area (TPSA) is 169 Å². The van der Waals surface area contributed by atoms with Crippen LogP contribution < -0.4 is 29.6 Å². The molecule has 0 saturated carbocycles. The molecule has 0 atom stereocenters. The minimum absolute atomic E-state index is 0.0265. The van der Waals surface area contributed by atoms with Crippen LogP contribution in [-0.4, -0.2) is 28.9 Å². The van der Waals surface area contributed by atoms with E-state index in [-0.39, 0.29) is 32.7 Å². The lowest BCUT2D eigenvalue weighted by atomic mass is 10.2. The molecule has 0 aromatic heterocycles. The van der Waals surface area contributed by atoms with Crippen molar-refractivity contribution < 1.29 is 34.8 Å². The van der Waals surface area contributed by atoms with E-state index in [4.69, 9.17) is 31.6 Å². The highest BCUT2D eigenvalue weighted by molar-refractivity contribution is 7.87. The van der Waals surface area contributed by atoms with Crippen LogP contribution in [0.1, 0.15) is 5.56 Å². The molecule has 252 valence electrons. The Hall–Kier alpha value is -5.28. The van der Waals surface area contributed by atoms with E-state index < -0.39 is 32.3 Å². The van der Waals surface area contributed by atoms with Crippen LogP contribution in [-0.2, 0) is 20.2 Å². The maximum absolute atomic E-state index is 12.8. The minimum Gasteiger partial charge on any atom is -0.379 e. The number of nitrogens with one attached hydrogen (secondary N) is 4. The third-order valence-corrected chi connectivity index (χ3v) is 9.57.